The first kappa shape index (κ1) is 28.3. The minimum atomic E-state index is -0.397. The highest BCUT2D eigenvalue weighted by atomic mass is 14.7. The molecule has 1 spiro atoms. The lowest BCUT2D eigenvalue weighted by Crippen LogP contribution is -2.26. The number of pyridine rings is 1. The Hall–Kier alpha value is -6.57. The van der Waals surface area contributed by atoms with Crippen LogP contribution >= 0.6 is 0 Å². The molecule has 0 unspecified atom stereocenters. The Balaban J connectivity index is 1.16. The summed E-state index contributed by atoms with van der Waals surface area (Å²) in [5.74, 6) is 0. The molecule has 9 aromatic rings. The Labute approximate surface area is 297 Å². The monoisotopic (exact) mass is 645 g/mol. The van der Waals surface area contributed by atoms with E-state index in [9.17, 15) is 0 Å². The van der Waals surface area contributed by atoms with Crippen molar-refractivity contribution < 1.29 is 0 Å². The van der Waals surface area contributed by atoms with Gasteiger partial charge in [0, 0.05) is 11.1 Å². The van der Waals surface area contributed by atoms with Crippen molar-refractivity contribution in [3.8, 4) is 55.9 Å². The fourth-order valence-corrected chi connectivity index (χ4v) is 9.13. The second kappa shape index (κ2) is 10.7. The molecule has 1 nitrogen and oxygen atoms in total. The molecule has 1 heterocycles. The van der Waals surface area contributed by atoms with Gasteiger partial charge in [0.25, 0.3) is 0 Å². The quantitative estimate of drug-likeness (QED) is 0.174. The lowest BCUT2D eigenvalue weighted by Gasteiger charge is -2.31. The van der Waals surface area contributed by atoms with Gasteiger partial charge in [-0.3, -0.25) is 0 Å². The number of rotatable bonds is 4. The number of nitrogens with zero attached hydrogens (tertiary/aromatic N) is 1. The van der Waals surface area contributed by atoms with Gasteiger partial charge in [-0.15, -0.1) is 0 Å². The highest BCUT2D eigenvalue weighted by Gasteiger charge is 2.50. The first-order valence-electron chi connectivity index (χ1n) is 17.7. The van der Waals surface area contributed by atoms with Crippen LogP contribution in [0.4, 0.5) is 0 Å². The molecule has 0 saturated heterocycles. The Bertz CT molecular complexity index is 2730. The molecule has 1 heteroatoms. The van der Waals surface area contributed by atoms with Crippen LogP contribution in [0.2, 0.25) is 0 Å². The normalized spacial score (nSPS) is 13.3. The Morgan fingerprint density at radius 3 is 1.55 bits per heavy atom. The van der Waals surface area contributed by atoms with E-state index in [0.29, 0.717) is 0 Å². The van der Waals surface area contributed by atoms with E-state index in [-0.39, 0.29) is 0 Å². The molecule has 0 amide bonds. The minimum absolute atomic E-state index is 0.397. The van der Waals surface area contributed by atoms with Gasteiger partial charge in [0.1, 0.15) is 0 Å². The molecule has 11 rings (SSSR count). The SMILES string of the molecule is c1ccc(-c2cc(-c3ccccc3)nc(-c3ccccc3-c3ccc4c(c3)C3(c5ccccc5-4)c4cccc5ccc6cccc3c6c45)c2)cc1. The van der Waals surface area contributed by atoms with E-state index in [1.807, 2.05) is 0 Å². The van der Waals surface area contributed by atoms with Crippen LogP contribution in [-0.4, -0.2) is 4.98 Å². The molecule has 2 aliphatic carbocycles. The fraction of sp³-hybridized carbons (Fsp3) is 0.0200. The van der Waals surface area contributed by atoms with E-state index in [1.54, 1.807) is 0 Å². The van der Waals surface area contributed by atoms with E-state index in [4.69, 9.17) is 4.98 Å². The zero-order chi connectivity index (χ0) is 33.5. The standard InChI is InChI=1S/C50H31N/c1-3-13-32(14-4-1)37-30-46(33-15-5-2-6-16-33)51-47(31-37)41-21-8-7-19-38(41)36-27-28-40-39-20-9-10-22-42(39)50(45(40)29-36)43-23-11-17-34-25-26-35-18-12-24-44(50)49(35)48(34)43/h1-31H. The van der Waals surface area contributed by atoms with E-state index in [0.717, 1.165) is 28.1 Å². The third-order valence-electron chi connectivity index (χ3n) is 11.3. The van der Waals surface area contributed by atoms with Crippen molar-refractivity contribution in [2.75, 3.05) is 0 Å². The number of fused-ring (bicyclic) bond motifs is 7. The molecular weight excluding hydrogens is 615 g/mol. The van der Waals surface area contributed by atoms with Crippen LogP contribution in [0.3, 0.4) is 0 Å². The highest BCUT2D eigenvalue weighted by molar-refractivity contribution is 6.17. The first-order valence-corrected chi connectivity index (χ1v) is 17.7. The second-order valence-corrected chi connectivity index (χ2v) is 13.8. The molecule has 51 heavy (non-hydrogen) atoms. The molecule has 1 aromatic heterocycles. The van der Waals surface area contributed by atoms with Gasteiger partial charge in [-0.1, -0.05) is 170 Å². The van der Waals surface area contributed by atoms with Crippen molar-refractivity contribution >= 4 is 21.5 Å². The lowest BCUT2D eigenvalue weighted by molar-refractivity contribution is 0.797. The molecule has 0 atom stereocenters. The summed E-state index contributed by atoms with van der Waals surface area (Å²) in [5.41, 5.74) is 16.6. The molecular formula is C50H31N. The molecule has 0 N–H and O–H groups in total. The smallest absolute Gasteiger partial charge is 0.0726 e. The molecule has 8 aromatic carbocycles. The summed E-state index contributed by atoms with van der Waals surface area (Å²) < 4.78 is 0. The van der Waals surface area contributed by atoms with E-state index in [2.05, 4.69) is 188 Å². The van der Waals surface area contributed by atoms with Crippen molar-refractivity contribution in [1.29, 1.82) is 0 Å². The third kappa shape index (κ3) is 3.95. The van der Waals surface area contributed by atoms with Gasteiger partial charge in [-0.25, -0.2) is 4.98 Å². The second-order valence-electron chi connectivity index (χ2n) is 13.8. The van der Waals surface area contributed by atoms with Crippen molar-refractivity contribution in [2.45, 2.75) is 5.41 Å². The number of aromatic nitrogens is 1. The molecule has 0 aliphatic heterocycles. The van der Waals surface area contributed by atoms with E-state index >= 15 is 0 Å². The van der Waals surface area contributed by atoms with Crippen molar-refractivity contribution in [1.82, 2.24) is 4.98 Å². The summed E-state index contributed by atoms with van der Waals surface area (Å²) in [6.07, 6.45) is 0. The topological polar surface area (TPSA) is 12.9 Å². The summed E-state index contributed by atoms with van der Waals surface area (Å²) in [6.45, 7) is 0. The third-order valence-corrected chi connectivity index (χ3v) is 11.3. The zero-order valence-electron chi connectivity index (χ0n) is 27.8. The first-order chi connectivity index (χ1) is 25.3. The van der Waals surface area contributed by atoms with E-state index < -0.39 is 5.41 Å². The average molecular weight is 646 g/mol. The van der Waals surface area contributed by atoms with Gasteiger partial charge in [-0.05, 0) is 95.4 Å². The van der Waals surface area contributed by atoms with Crippen LogP contribution in [0.1, 0.15) is 22.3 Å². The molecule has 236 valence electrons. The van der Waals surface area contributed by atoms with Gasteiger partial charge >= 0.3 is 0 Å². The molecule has 0 radical (unpaired) electrons. The molecule has 0 fully saturated rings. The van der Waals surface area contributed by atoms with Crippen LogP contribution in [-0.2, 0) is 5.41 Å². The largest absolute Gasteiger partial charge is 0.248 e. The maximum absolute atomic E-state index is 5.34. The van der Waals surface area contributed by atoms with Crippen LogP contribution in [0.5, 0.6) is 0 Å². The Kier molecular flexibility index (Phi) is 5.94. The van der Waals surface area contributed by atoms with Gasteiger partial charge in [-0.2, -0.15) is 0 Å². The Morgan fingerprint density at radius 1 is 0.294 bits per heavy atom. The number of benzene rings is 8. The van der Waals surface area contributed by atoms with Gasteiger partial charge < -0.3 is 0 Å². The maximum Gasteiger partial charge on any atom is 0.0726 e. The van der Waals surface area contributed by atoms with E-state index in [1.165, 1.54) is 71.6 Å². The molecule has 0 bridgehead atoms. The van der Waals surface area contributed by atoms with Crippen molar-refractivity contribution in [3.63, 3.8) is 0 Å². The average Bonchev–Trinajstić information content (AvgIpc) is 3.68. The van der Waals surface area contributed by atoms with Crippen molar-refractivity contribution in [3.05, 3.63) is 210 Å². The molecule has 0 saturated carbocycles. The van der Waals surface area contributed by atoms with Crippen LogP contribution < -0.4 is 0 Å². The maximum atomic E-state index is 5.34. The van der Waals surface area contributed by atoms with Crippen LogP contribution in [0.25, 0.3) is 77.4 Å². The lowest BCUT2D eigenvalue weighted by atomic mass is 9.70. The number of hydrogen-bond acceptors (Lipinski definition) is 1. The van der Waals surface area contributed by atoms with Crippen molar-refractivity contribution in [2.24, 2.45) is 0 Å². The predicted molar refractivity (Wildman–Crippen MR) is 212 cm³/mol. The van der Waals surface area contributed by atoms with Crippen LogP contribution in [0.15, 0.2) is 188 Å². The summed E-state index contributed by atoms with van der Waals surface area (Å²) in [6, 6.07) is 69.0. The summed E-state index contributed by atoms with van der Waals surface area (Å²) >= 11 is 0. The minimum Gasteiger partial charge on any atom is -0.248 e. The van der Waals surface area contributed by atoms with Gasteiger partial charge in [0.15, 0.2) is 0 Å². The summed E-state index contributed by atoms with van der Waals surface area (Å²) in [5, 5.41) is 5.37. The number of hydrogen-bond donors (Lipinski definition) is 0. The van der Waals surface area contributed by atoms with Gasteiger partial charge in [0.2, 0.25) is 0 Å². The summed E-state index contributed by atoms with van der Waals surface area (Å²) in [7, 11) is 0. The van der Waals surface area contributed by atoms with Crippen LogP contribution in [0, 0.1) is 0 Å². The zero-order valence-corrected chi connectivity index (χ0v) is 27.8. The van der Waals surface area contributed by atoms with Gasteiger partial charge in [0.05, 0.1) is 16.8 Å². The summed E-state index contributed by atoms with van der Waals surface area (Å²) in [4.78, 5) is 5.34. The molecule has 2 aliphatic rings. The fourth-order valence-electron chi connectivity index (χ4n) is 9.13. The highest BCUT2D eigenvalue weighted by Crippen LogP contribution is 2.62. The predicted octanol–water partition coefficient (Wildman–Crippen LogP) is 12.7. The Morgan fingerprint density at radius 2 is 0.843 bits per heavy atom.